The van der Waals surface area contributed by atoms with Gasteiger partial charge >= 0.3 is 0 Å². The maximum atomic E-state index is 12.5. The number of hydrogen-bond donors (Lipinski definition) is 2. The number of anilines is 1. The average Bonchev–Trinajstić information content (AvgIpc) is 2.79. The average molecular weight is 560 g/mol. The van der Waals surface area contributed by atoms with Crippen molar-refractivity contribution in [3.05, 3.63) is 90.8 Å². The third kappa shape index (κ3) is 7.01. The first-order valence-electron chi connectivity index (χ1n) is 9.61. The summed E-state index contributed by atoms with van der Waals surface area (Å²) in [6.45, 7) is 1.36. The van der Waals surface area contributed by atoms with E-state index >= 15 is 0 Å². The van der Waals surface area contributed by atoms with Crippen LogP contribution in [0.1, 0.15) is 22.8 Å². The van der Waals surface area contributed by atoms with Gasteiger partial charge in [0.2, 0.25) is 0 Å². The Morgan fingerprint density at radius 3 is 2.35 bits per heavy atom. The van der Waals surface area contributed by atoms with Crippen LogP contribution in [0.5, 0.6) is 5.75 Å². The molecule has 0 heterocycles. The highest BCUT2D eigenvalue weighted by molar-refractivity contribution is 6.43. The molecule has 0 aliphatic rings. The van der Waals surface area contributed by atoms with Gasteiger partial charge in [0.05, 0.1) is 31.4 Å². The molecule has 3 aromatic rings. The zero-order valence-corrected chi connectivity index (χ0v) is 21.2. The summed E-state index contributed by atoms with van der Waals surface area (Å²) in [7, 11) is 0. The van der Waals surface area contributed by atoms with Gasteiger partial charge in [0, 0.05) is 16.8 Å². The van der Waals surface area contributed by atoms with Crippen LogP contribution in [0, 0.1) is 0 Å². The van der Waals surface area contributed by atoms with E-state index in [1.165, 1.54) is 18.2 Å². The van der Waals surface area contributed by atoms with E-state index in [-0.39, 0.29) is 43.9 Å². The molecule has 3 rings (SSSR count). The number of rotatable bonds is 7. The molecule has 0 aliphatic heterocycles. The highest BCUT2D eigenvalue weighted by Gasteiger charge is 2.12. The lowest BCUT2D eigenvalue weighted by molar-refractivity contribution is -0.123. The fraction of sp³-hybridized carbons (Fsp3) is 0.0870. The number of nitrogens with one attached hydrogen (secondary N) is 2. The molecule has 0 saturated carbocycles. The largest absolute Gasteiger partial charge is 0.482 e. The van der Waals surface area contributed by atoms with Crippen LogP contribution in [0.15, 0.2) is 59.7 Å². The maximum absolute atomic E-state index is 12.5. The van der Waals surface area contributed by atoms with Gasteiger partial charge in [0.1, 0.15) is 5.75 Å². The molecule has 0 unspecified atom stereocenters. The number of hydrogen-bond acceptors (Lipinski definition) is 4. The zero-order chi connectivity index (χ0) is 24.8. The Hall–Kier alpha value is -2.48. The van der Waals surface area contributed by atoms with Crippen molar-refractivity contribution < 1.29 is 14.3 Å². The lowest BCUT2D eigenvalue weighted by atomic mass is 10.1. The second kappa shape index (κ2) is 11.8. The van der Waals surface area contributed by atoms with E-state index in [9.17, 15) is 9.59 Å². The third-order valence-corrected chi connectivity index (χ3v) is 5.96. The molecule has 11 heteroatoms. The minimum absolute atomic E-state index is 0.219. The SMILES string of the molecule is CC(=NNC(=O)COc1cc(Cl)c(Cl)cc1Cl)c1cccc(NC(=O)c2ccc(Cl)cc2Cl)c1. The van der Waals surface area contributed by atoms with Crippen molar-refractivity contribution in [3.63, 3.8) is 0 Å². The van der Waals surface area contributed by atoms with Crippen molar-refractivity contribution in [3.8, 4) is 5.75 Å². The maximum Gasteiger partial charge on any atom is 0.277 e. The van der Waals surface area contributed by atoms with Crippen LogP contribution in [0.4, 0.5) is 5.69 Å². The smallest absolute Gasteiger partial charge is 0.277 e. The molecule has 0 radical (unpaired) electrons. The summed E-state index contributed by atoms with van der Waals surface area (Å²) >= 11 is 29.8. The van der Waals surface area contributed by atoms with Crippen LogP contribution in [0.3, 0.4) is 0 Å². The molecule has 0 aromatic heterocycles. The van der Waals surface area contributed by atoms with Crippen molar-refractivity contribution in [2.45, 2.75) is 6.92 Å². The summed E-state index contributed by atoms with van der Waals surface area (Å²) in [5.74, 6) is -0.681. The van der Waals surface area contributed by atoms with Gasteiger partial charge in [-0.3, -0.25) is 9.59 Å². The van der Waals surface area contributed by atoms with Crippen LogP contribution in [0.2, 0.25) is 25.1 Å². The summed E-state index contributed by atoms with van der Waals surface area (Å²) in [6, 6.07) is 14.4. The second-order valence-electron chi connectivity index (χ2n) is 6.88. The number of carbonyl (C=O) groups is 2. The van der Waals surface area contributed by atoms with E-state index < -0.39 is 5.91 Å². The molecule has 34 heavy (non-hydrogen) atoms. The van der Waals surface area contributed by atoms with E-state index in [4.69, 9.17) is 62.7 Å². The molecule has 0 spiro atoms. The summed E-state index contributed by atoms with van der Waals surface area (Å²) in [6.07, 6.45) is 0. The monoisotopic (exact) mass is 557 g/mol. The minimum atomic E-state index is -0.511. The standard InChI is InChI=1S/C23H16Cl5N3O3/c1-12(30-31-22(32)11-34-21-10-19(27)18(26)9-20(21)28)13-3-2-4-15(7-13)29-23(33)16-6-5-14(24)8-17(16)25/h2-10H,11H2,1H3,(H,29,33)(H,31,32). The van der Waals surface area contributed by atoms with E-state index in [1.54, 1.807) is 43.3 Å². The minimum Gasteiger partial charge on any atom is -0.482 e. The van der Waals surface area contributed by atoms with Crippen LogP contribution in [0.25, 0.3) is 0 Å². The van der Waals surface area contributed by atoms with Gasteiger partial charge < -0.3 is 10.1 Å². The molecule has 176 valence electrons. The van der Waals surface area contributed by atoms with Crippen LogP contribution < -0.4 is 15.5 Å². The first-order chi connectivity index (χ1) is 16.1. The number of carbonyl (C=O) groups excluding carboxylic acids is 2. The van der Waals surface area contributed by atoms with Crippen molar-refractivity contribution >= 4 is 81.2 Å². The van der Waals surface area contributed by atoms with Crippen LogP contribution in [-0.2, 0) is 4.79 Å². The van der Waals surface area contributed by atoms with Gasteiger partial charge in [0.25, 0.3) is 11.8 Å². The fourth-order valence-corrected chi connectivity index (χ4v) is 3.78. The van der Waals surface area contributed by atoms with Gasteiger partial charge in [-0.1, -0.05) is 70.1 Å². The lowest BCUT2D eigenvalue weighted by Crippen LogP contribution is -2.25. The number of halogens is 5. The first kappa shape index (κ1) is 26.1. The molecule has 2 amide bonds. The number of amides is 2. The van der Waals surface area contributed by atoms with E-state index in [0.717, 1.165) is 0 Å². The Bertz CT molecular complexity index is 1280. The first-order valence-corrected chi connectivity index (χ1v) is 11.5. The zero-order valence-electron chi connectivity index (χ0n) is 17.5. The molecule has 3 aromatic carbocycles. The molecule has 0 bridgehead atoms. The topological polar surface area (TPSA) is 79.8 Å². The Morgan fingerprint density at radius 1 is 0.882 bits per heavy atom. The predicted molar refractivity (Wildman–Crippen MR) is 138 cm³/mol. The highest BCUT2D eigenvalue weighted by atomic mass is 35.5. The Kier molecular flexibility index (Phi) is 9.05. The number of hydrazone groups is 1. The predicted octanol–water partition coefficient (Wildman–Crippen LogP) is 7.13. The molecule has 6 nitrogen and oxygen atoms in total. The summed E-state index contributed by atoms with van der Waals surface area (Å²) in [5.41, 5.74) is 4.38. The normalized spacial score (nSPS) is 11.2. The molecule has 0 saturated heterocycles. The van der Waals surface area contributed by atoms with Crippen molar-refractivity contribution in [1.29, 1.82) is 0 Å². The summed E-state index contributed by atoms with van der Waals surface area (Å²) < 4.78 is 5.37. The van der Waals surface area contributed by atoms with Crippen molar-refractivity contribution in [1.82, 2.24) is 5.43 Å². The van der Waals surface area contributed by atoms with Crippen molar-refractivity contribution in [2.75, 3.05) is 11.9 Å². The van der Waals surface area contributed by atoms with Gasteiger partial charge in [0.15, 0.2) is 6.61 Å². The summed E-state index contributed by atoms with van der Waals surface area (Å²) in [4.78, 5) is 24.6. The molecule has 2 N–H and O–H groups in total. The van der Waals surface area contributed by atoms with Gasteiger partial charge in [-0.05, 0) is 48.9 Å². The third-order valence-electron chi connectivity index (χ3n) is 4.40. The quantitative estimate of drug-likeness (QED) is 0.184. The Morgan fingerprint density at radius 2 is 1.62 bits per heavy atom. The molecule has 0 fully saturated rings. The van der Waals surface area contributed by atoms with Crippen LogP contribution >= 0.6 is 58.0 Å². The van der Waals surface area contributed by atoms with Crippen molar-refractivity contribution in [2.24, 2.45) is 5.10 Å². The van der Waals surface area contributed by atoms with E-state index in [2.05, 4.69) is 15.8 Å². The molecule has 0 aliphatic carbocycles. The van der Waals surface area contributed by atoms with Gasteiger partial charge in [-0.2, -0.15) is 5.10 Å². The van der Waals surface area contributed by atoms with Gasteiger partial charge in [-0.25, -0.2) is 5.43 Å². The summed E-state index contributed by atoms with van der Waals surface area (Å²) in [5, 5.41) is 8.27. The molecular weight excluding hydrogens is 544 g/mol. The number of nitrogens with zero attached hydrogens (tertiary/aromatic N) is 1. The second-order valence-corrected chi connectivity index (χ2v) is 8.94. The lowest BCUT2D eigenvalue weighted by Gasteiger charge is -2.10. The van der Waals surface area contributed by atoms with Gasteiger partial charge in [-0.15, -0.1) is 0 Å². The molecule has 0 atom stereocenters. The van der Waals surface area contributed by atoms with E-state index in [0.29, 0.717) is 22.0 Å². The van der Waals surface area contributed by atoms with Crippen LogP contribution in [-0.4, -0.2) is 24.1 Å². The number of ether oxygens (including phenoxy) is 1. The molecular formula is C23H16Cl5N3O3. The highest BCUT2D eigenvalue weighted by Crippen LogP contribution is 2.33. The number of benzene rings is 3. The Balaban J connectivity index is 1.61. The Labute approximate surface area is 220 Å². The fourth-order valence-electron chi connectivity index (χ4n) is 2.70. The van der Waals surface area contributed by atoms with E-state index in [1.807, 2.05) is 0 Å².